The van der Waals surface area contributed by atoms with E-state index in [2.05, 4.69) is 9.88 Å². The number of aliphatic hydroxyl groups is 1. The molecule has 1 saturated heterocycles. The molecule has 0 spiro atoms. The molecule has 1 atom stereocenters. The minimum Gasteiger partial charge on any atom is -0.395 e. The highest BCUT2D eigenvalue weighted by atomic mass is 16.6. The van der Waals surface area contributed by atoms with E-state index in [1.54, 1.807) is 20.0 Å². The maximum Gasteiger partial charge on any atom is 0.278 e. The Labute approximate surface area is 118 Å². The SMILES string of the molecule is Cc1cnc(CN2CCCCC2CO)c(C)c1[N+](=O)[O-]. The summed E-state index contributed by atoms with van der Waals surface area (Å²) >= 11 is 0. The topological polar surface area (TPSA) is 79.5 Å². The van der Waals surface area contributed by atoms with Gasteiger partial charge in [-0.3, -0.25) is 20.0 Å². The van der Waals surface area contributed by atoms with Crippen LogP contribution in [0.25, 0.3) is 0 Å². The van der Waals surface area contributed by atoms with Crippen LogP contribution in [0.5, 0.6) is 0 Å². The first-order valence-corrected chi connectivity index (χ1v) is 6.99. The normalized spacial score (nSPS) is 20.1. The first kappa shape index (κ1) is 14.9. The van der Waals surface area contributed by atoms with E-state index in [-0.39, 0.29) is 23.3 Å². The Morgan fingerprint density at radius 2 is 2.25 bits per heavy atom. The van der Waals surface area contributed by atoms with E-state index in [0.717, 1.165) is 31.5 Å². The second kappa shape index (κ2) is 6.28. The van der Waals surface area contributed by atoms with Gasteiger partial charge in [-0.1, -0.05) is 6.42 Å². The van der Waals surface area contributed by atoms with Gasteiger partial charge in [-0.05, 0) is 33.2 Å². The predicted octanol–water partition coefficient (Wildman–Crippen LogP) is 1.95. The second-order valence-electron chi connectivity index (χ2n) is 5.42. The number of aromatic nitrogens is 1. The lowest BCUT2D eigenvalue weighted by Crippen LogP contribution is -2.41. The Hall–Kier alpha value is -1.53. The van der Waals surface area contributed by atoms with Crippen molar-refractivity contribution in [3.63, 3.8) is 0 Å². The molecule has 2 rings (SSSR count). The number of hydrogen-bond acceptors (Lipinski definition) is 5. The molecule has 0 aliphatic carbocycles. The van der Waals surface area contributed by atoms with Crippen LogP contribution in [0.1, 0.15) is 36.1 Å². The van der Waals surface area contributed by atoms with Crippen molar-refractivity contribution < 1.29 is 10.0 Å². The van der Waals surface area contributed by atoms with Crippen molar-refractivity contribution in [2.45, 2.75) is 45.7 Å². The summed E-state index contributed by atoms with van der Waals surface area (Å²) < 4.78 is 0. The number of pyridine rings is 1. The third kappa shape index (κ3) is 2.96. The number of rotatable bonds is 4. The van der Waals surface area contributed by atoms with Crippen molar-refractivity contribution in [1.29, 1.82) is 0 Å². The second-order valence-corrected chi connectivity index (χ2v) is 5.42. The van der Waals surface area contributed by atoms with Gasteiger partial charge < -0.3 is 5.11 Å². The van der Waals surface area contributed by atoms with Crippen LogP contribution in [-0.2, 0) is 6.54 Å². The molecule has 0 saturated carbocycles. The van der Waals surface area contributed by atoms with E-state index < -0.39 is 0 Å². The first-order valence-electron chi connectivity index (χ1n) is 6.99. The van der Waals surface area contributed by atoms with Crippen molar-refractivity contribution in [1.82, 2.24) is 9.88 Å². The number of aryl methyl sites for hydroxylation is 1. The van der Waals surface area contributed by atoms with Gasteiger partial charge in [-0.25, -0.2) is 0 Å². The van der Waals surface area contributed by atoms with Crippen LogP contribution in [-0.4, -0.2) is 39.1 Å². The van der Waals surface area contributed by atoms with E-state index in [1.807, 2.05) is 0 Å². The molecule has 1 unspecified atom stereocenters. The molecule has 1 N–H and O–H groups in total. The molecule has 1 aliphatic rings. The maximum absolute atomic E-state index is 11.1. The minimum absolute atomic E-state index is 0.132. The van der Waals surface area contributed by atoms with Crippen LogP contribution in [0.3, 0.4) is 0 Å². The smallest absolute Gasteiger partial charge is 0.278 e. The zero-order valence-electron chi connectivity index (χ0n) is 12.0. The summed E-state index contributed by atoms with van der Waals surface area (Å²) in [5, 5.41) is 20.6. The van der Waals surface area contributed by atoms with Crippen molar-refractivity contribution in [2.75, 3.05) is 13.2 Å². The molecule has 1 aromatic heterocycles. The molecular weight excluding hydrogens is 258 g/mol. The van der Waals surface area contributed by atoms with Crippen molar-refractivity contribution in [3.8, 4) is 0 Å². The van der Waals surface area contributed by atoms with Crippen molar-refractivity contribution in [2.24, 2.45) is 0 Å². The highest BCUT2D eigenvalue weighted by Gasteiger charge is 2.25. The first-order chi connectivity index (χ1) is 9.54. The third-order valence-electron chi connectivity index (χ3n) is 4.07. The largest absolute Gasteiger partial charge is 0.395 e. The van der Waals surface area contributed by atoms with Gasteiger partial charge in [0, 0.05) is 29.9 Å². The van der Waals surface area contributed by atoms with Gasteiger partial charge in [0.1, 0.15) is 0 Å². The molecular formula is C14H21N3O3. The molecule has 6 heteroatoms. The summed E-state index contributed by atoms with van der Waals surface area (Å²) in [5.41, 5.74) is 2.13. The molecule has 0 amide bonds. The van der Waals surface area contributed by atoms with Crippen LogP contribution in [0, 0.1) is 24.0 Å². The molecule has 0 aromatic carbocycles. The zero-order valence-corrected chi connectivity index (χ0v) is 12.0. The summed E-state index contributed by atoms with van der Waals surface area (Å²) in [6, 6.07) is 0.144. The number of piperidine rings is 1. The summed E-state index contributed by atoms with van der Waals surface area (Å²) in [5.74, 6) is 0. The highest BCUT2D eigenvalue weighted by Crippen LogP contribution is 2.26. The van der Waals surface area contributed by atoms with Gasteiger partial charge in [0.25, 0.3) is 5.69 Å². The predicted molar refractivity (Wildman–Crippen MR) is 75.5 cm³/mol. The lowest BCUT2D eigenvalue weighted by atomic mass is 10.0. The van der Waals surface area contributed by atoms with Gasteiger partial charge in [0.05, 0.1) is 17.2 Å². The summed E-state index contributed by atoms with van der Waals surface area (Å²) in [6.45, 7) is 5.07. The Balaban J connectivity index is 2.25. The fourth-order valence-electron chi connectivity index (χ4n) is 2.87. The van der Waals surface area contributed by atoms with Crippen LogP contribution in [0.2, 0.25) is 0 Å². The van der Waals surface area contributed by atoms with Gasteiger partial charge in [-0.2, -0.15) is 0 Å². The van der Waals surface area contributed by atoms with E-state index in [1.165, 1.54) is 0 Å². The molecule has 1 aromatic rings. The monoisotopic (exact) mass is 279 g/mol. The fraction of sp³-hybridized carbons (Fsp3) is 0.643. The summed E-state index contributed by atoms with van der Waals surface area (Å²) in [7, 11) is 0. The maximum atomic E-state index is 11.1. The molecule has 1 aliphatic heterocycles. The number of hydrogen-bond donors (Lipinski definition) is 1. The zero-order chi connectivity index (χ0) is 14.7. The van der Waals surface area contributed by atoms with Gasteiger partial charge in [-0.15, -0.1) is 0 Å². The third-order valence-corrected chi connectivity index (χ3v) is 4.07. The van der Waals surface area contributed by atoms with Crippen LogP contribution in [0.4, 0.5) is 5.69 Å². The average molecular weight is 279 g/mol. The van der Waals surface area contributed by atoms with Crippen molar-refractivity contribution in [3.05, 3.63) is 33.1 Å². The Kier molecular flexibility index (Phi) is 4.67. The fourth-order valence-corrected chi connectivity index (χ4v) is 2.87. The highest BCUT2D eigenvalue weighted by molar-refractivity contribution is 5.47. The molecule has 110 valence electrons. The Bertz CT molecular complexity index is 505. The summed E-state index contributed by atoms with van der Waals surface area (Å²) in [4.78, 5) is 17.3. The van der Waals surface area contributed by atoms with E-state index in [9.17, 15) is 15.2 Å². The van der Waals surface area contributed by atoms with Crippen LogP contribution < -0.4 is 0 Å². The van der Waals surface area contributed by atoms with E-state index in [4.69, 9.17) is 0 Å². The van der Waals surface area contributed by atoms with Crippen LogP contribution in [0.15, 0.2) is 6.20 Å². The number of nitrogens with zero attached hydrogens (tertiary/aromatic N) is 3. The molecule has 6 nitrogen and oxygen atoms in total. The lowest BCUT2D eigenvalue weighted by Gasteiger charge is -2.34. The standard InChI is InChI=1S/C14H21N3O3/c1-10-7-15-13(11(2)14(10)17(19)20)8-16-6-4-3-5-12(16)9-18/h7,12,18H,3-6,8-9H2,1-2H3. The average Bonchev–Trinajstić information content (AvgIpc) is 2.42. The van der Waals surface area contributed by atoms with E-state index >= 15 is 0 Å². The van der Waals surface area contributed by atoms with Gasteiger partial charge in [0.2, 0.25) is 0 Å². The number of likely N-dealkylation sites (tertiary alicyclic amines) is 1. The van der Waals surface area contributed by atoms with Gasteiger partial charge >= 0.3 is 0 Å². The Morgan fingerprint density at radius 1 is 1.50 bits per heavy atom. The quantitative estimate of drug-likeness (QED) is 0.673. The Morgan fingerprint density at radius 3 is 2.90 bits per heavy atom. The summed E-state index contributed by atoms with van der Waals surface area (Å²) in [6.07, 6.45) is 4.77. The number of nitro groups is 1. The van der Waals surface area contributed by atoms with Gasteiger partial charge in [0.15, 0.2) is 0 Å². The molecule has 1 fully saturated rings. The molecule has 0 bridgehead atoms. The van der Waals surface area contributed by atoms with E-state index in [0.29, 0.717) is 17.7 Å². The minimum atomic E-state index is -0.338. The van der Waals surface area contributed by atoms with Crippen molar-refractivity contribution >= 4 is 5.69 Å². The molecule has 0 radical (unpaired) electrons. The number of aliphatic hydroxyl groups excluding tert-OH is 1. The molecule has 2 heterocycles. The lowest BCUT2D eigenvalue weighted by molar-refractivity contribution is -0.386. The molecule has 20 heavy (non-hydrogen) atoms. The van der Waals surface area contributed by atoms with Crippen LogP contribution >= 0.6 is 0 Å².